The lowest BCUT2D eigenvalue weighted by molar-refractivity contribution is 0.0509. The van der Waals surface area contributed by atoms with E-state index < -0.39 is 5.60 Å². The average Bonchev–Trinajstić information content (AvgIpc) is 2.77. The summed E-state index contributed by atoms with van der Waals surface area (Å²) >= 11 is 0. The number of rotatable bonds is 0. The van der Waals surface area contributed by atoms with Crippen LogP contribution in [0.2, 0.25) is 0 Å². The molecule has 3 rings (SSSR count). The highest BCUT2D eigenvalue weighted by atomic mass is 16.3. The van der Waals surface area contributed by atoms with E-state index >= 15 is 0 Å². The van der Waals surface area contributed by atoms with Crippen molar-refractivity contribution in [3.8, 4) is 0 Å². The summed E-state index contributed by atoms with van der Waals surface area (Å²) in [6.07, 6.45) is 22.1. The molecule has 0 bridgehead atoms. The molecule has 0 unspecified atom stereocenters. The quantitative estimate of drug-likeness (QED) is 0.589. The largest absolute Gasteiger partial charge is 0.390 e. The topological polar surface area (TPSA) is 20.2 Å². The Bertz CT molecular complexity index is 370. The molecule has 0 aliphatic heterocycles. The van der Waals surface area contributed by atoms with Gasteiger partial charge in [-0.25, -0.2) is 0 Å². The zero-order chi connectivity index (χ0) is 14.1. The van der Waals surface area contributed by atoms with Crippen LogP contribution in [0.4, 0.5) is 0 Å². The van der Waals surface area contributed by atoms with E-state index in [-0.39, 0.29) is 0 Å². The summed E-state index contributed by atoms with van der Waals surface area (Å²) in [6, 6.07) is 0. The van der Waals surface area contributed by atoms with Crippen LogP contribution in [0.25, 0.3) is 0 Å². The third-order valence-corrected chi connectivity index (χ3v) is 6.45. The molecule has 0 radical (unpaired) electrons. The summed E-state index contributed by atoms with van der Waals surface area (Å²) in [5.74, 6) is 0. The second-order valence-electron chi connectivity index (χ2n) is 8.22. The Morgan fingerprint density at radius 1 is 0.800 bits per heavy atom. The third kappa shape index (κ3) is 2.58. The van der Waals surface area contributed by atoms with Gasteiger partial charge in [-0.1, -0.05) is 63.5 Å². The second kappa shape index (κ2) is 5.48. The van der Waals surface area contributed by atoms with Gasteiger partial charge in [0.1, 0.15) is 0 Å². The van der Waals surface area contributed by atoms with Crippen molar-refractivity contribution in [3.05, 3.63) is 12.2 Å². The lowest BCUT2D eigenvalue weighted by Crippen LogP contribution is -2.32. The first-order valence-electron chi connectivity index (χ1n) is 8.98. The fraction of sp³-hybridized carbons (Fsp3) is 0.895. The molecule has 2 saturated carbocycles. The first kappa shape index (κ1) is 14.6. The lowest BCUT2D eigenvalue weighted by Gasteiger charge is -2.41. The van der Waals surface area contributed by atoms with Gasteiger partial charge in [-0.2, -0.15) is 0 Å². The standard InChI is InChI=1S/C19H32O/c1-17(20)15-18-11-8-6-4-2-3-5-7-9-12-19(18,16-17)14-10-13-18/h10,13,20H,2-9,11-12,14-16H2,1H3/t17-,18-,19-/m0/s1. The highest BCUT2D eigenvalue weighted by Gasteiger charge is 2.60. The molecule has 3 aliphatic carbocycles. The van der Waals surface area contributed by atoms with Gasteiger partial charge < -0.3 is 5.11 Å². The molecule has 0 heterocycles. The summed E-state index contributed by atoms with van der Waals surface area (Å²) < 4.78 is 0. The van der Waals surface area contributed by atoms with Crippen molar-refractivity contribution in [2.24, 2.45) is 10.8 Å². The van der Waals surface area contributed by atoms with E-state index in [1.807, 2.05) is 0 Å². The van der Waals surface area contributed by atoms with Crippen molar-refractivity contribution in [2.45, 2.75) is 96.0 Å². The normalized spacial score (nSPS) is 46.3. The van der Waals surface area contributed by atoms with Gasteiger partial charge in [-0.05, 0) is 49.9 Å². The molecular weight excluding hydrogens is 244 g/mol. The molecule has 2 fully saturated rings. The zero-order valence-corrected chi connectivity index (χ0v) is 13.3. The maximum Gasteiger partial charge on any atom is 0.0634 e. The van der Waals surface area contributed by atoms with Crippen LogP contribution < -0.4 is 0 Å². The number of hydrogen-bond acceptors (Lipinski definition) is 1. The predicted molar refractivity (Wildman–Crippen MR) is 84.7 cm³/mol. The second-order valence-corrected chi connectivity index (χ2v) is 8.22. The molecule has 0 saturated heterocycles. The van der Waals surface area contributed by atoms with E-state index in [1.165, 1.54) is 70.6 Å². The molecule has 0 amide bonds. The van der Waals surface area contributed by atoms with Crippen LogP contribution in [-0.2, 0) is 0 Å². The lowest BCUT2D eigenvalue weighted by atomic mass is 9.63. The molecule has 114 valence electrons. The Labute approximate surface area is 124 Å². The van der Waals surface area contributed by atoms with E-state index in [0.717, 1.165) is 12.8 Å². The average molecular weight is 276 g/mol. The zero-order valence-electron chi connectivity index (χ0n) is 13.3. The van der Waals surface area contributed by atoms with E-state index in [4.69, 9.17) is 0 Å². The van der Waals surface area contributed by atoms with Gasteiger partial charge in [0, 0.05) is 0 Å². The molecule has 1 nitrogen and oxygen atoms in total. The molecule has 0 spiro atoms. The maximum atomic E-state index is 10.7. The minimum Gasteiger partial charge on any atom is -0.390 e. The summed E-state index contributed by atoms with van der Waals surface area (Å²) in [4.78, 5) is 0. The Kier molecular flexibility index (Phi) is 4.01. The Morgan fingerprint density at radius 2 is 1.40 bits per heavy atom. The molecule has 1 heteroatoms. The van der Waals surface area contributed by atoms with Crippen molar-refractivity contribution < 1.29 is 5.11 Å². The van der Waals surface area contributed by atoms with Gasteiger partial charge in [0.05, 0.1) is 5.60 Å². The predicted octanol–water partition coefficient (Wildman–Crippen LogP) is 5.38. The van der Waals surface area contributed by atoms with Crippen molar-refractivity contribution >= 4 is 0 Å². The molecule has 20 heavy (non-hydrogen) atoms. The fourth-order valence-corrected chi connectivity index (χ4v) is 5.70. The van der Waals surface area contributed by atoms with Gasteiger partial charge >= 0.3 is 0 Å². The molecule has 3 aliphatic rings. The van der Waals surface area contributed by atoms with Crippen molar-refractivity contribution in [1.82, 2.24) is 0 Å². The number of aliphatic hydroxyl groups is 1. The summed E-state index contributed by atoms with van der Waals surface area (Å²) in [5, 5.41) is 10.7. The summed E-state index contributed by atoms with van der Waals surface area (Å²) in [6.45, 7) is 2.08. The van der Waals surface area contributed by atoms with Crippen LogP contribution in [0.1, 0.15) is 90.4 Å². The van der Waals surface area contributed by atoms with E-state index in [2.05, 4.69) is 19.1 Å². The first-order chi connectivity index (χ1) is 9.58. The van der Waals surface area contributed by atoms with Gasteiger partial charge in [-0.15, -0.1) is 0 Å². The Balaban J connectivity index is 1.81. The van der Waals surface area contributed by atoms with Crippen molar-refractivity contribution in [1.29, 1.82) is 0 Å². The van der Waals surface area contributed by atoms with Crippen LogP contribution in [0, 0.1) is 10.8 Å². The van der Waals surface area contributed by atoms with Crippen LogP contribution in [0.15, 0.2) is 12.2 Å². The van der Waals surface area contributed by atoms with E-state index in [9.17, 15) is 5.11 Å². The van der Waals surface area contributed by atoms with E-state index in [1.54, 1.807) is 0 Å². The molecule has 0 aromatic heterocycles. The van der Waals surface area contributed by atoms with E-state index in [0.29, 0.717) is 10.8 Å². The SMILES string of the molecule is C[C@]1(O)C[C@]23C=CC[C@@]2(CCCCCCCCCC3)C1. The minimum atomic E-state index is -0.426. The van der Waals surface area contributed by atoms with Crippen molar-refractivity contribution in [3.63, 3.8) is 0 Å². The molecule has 0 aromatic rings. The van der Waals surface area contributed by atoms with Crippen LogP contribution in [-0.4, -0.2) is 10.7 Å². The number of allylic oxidation sites excluding steroid dienone is 2. The fourth-order valence-electron chi connectivity index (χ4n) is 5.70. The van der Waals surface area contributed by atoms with Crippen molar-refractivity contribution in [2.75, 3.05) is 0 Å². The smallest absolute Gasteiger partial charge is 0.0634 e. The Hall–Kier alpha value is -0.300. The van der Waals surface area contributed by atoms with Gasteiger partial charge in [0.2, 0.25) is 0 Å². The highest BCUT2D eigenvalue weighted by Crippen LogP contribution is 2.66. The highest BCUT2D eigenvalue weighted by molar-refractivity contribution is 5.24. The van der Waals surface area contributed by atoms with Gasteiger partial charge in [0.15, 0.2) is 0 Å². The van der Waals surface area contributed by atoms with Gasteiger partial charge in [-0.3, -0.25) is 0 Å². The maximum absolute atomic E-state index is 10.7. The first-order valence-corrected chi connectivity index (χ1v) is 8.98. The molecule has 3 atom stereocenters. The van der Waals surface area contributed by atoms with Crippen LogP contribution in [0.3, 0.4) is 0 Å². The summed E-state index contributed by atoms with van der Waals surface area (Å²) in [5.41, 5.74) is 0.302. The van der Waals surface area contributed by atoms with Gasteiger partial charge in [0.25, 0.3) is 0 Å². The van der Waals surface area contributed by atoms with Crippen LogP contribution >= 0.6 is 0 Å². The number of hydrogen-bond donors (Lipinski definition) is 1. The molecular formula is C19H32O. The Morgan fingerprint density at radius 3 is 2.10 bits per heavy atom. The monoisotopic (exact) mass is 276 g/mol. The third-order valence-electron chi connectivity index (χ3n) is 6.45. The minimum absolute atomic E-state index is 0.329. The molecule has 1 N–H and O–H groups in total. The molecule has 0 aromatic carbocycles. The summed E-state index contributed by atoms with van der Waals surface area (Å²) in [7, 11) is 0. The van der Waals surface area contributed by atoms with Crippen LogP contribution in [0.5, 0.6) is 0 Å².